The Morgan fingerprint density at radius 1 is 0.897 bits per heavy atom. The number of rotatable bonds is 7. The summed E-state index contributed by atoms with van der Waals surface area (Å²) in [4.78, 5) is 0. The van der Waals surface area contributed by atoms with Gasteiger partial charge in [0.25, 0.3) is 0 Å². The molecule has 1 heterocycles. The van der Waals surface area contributed by atoms with Crippen LogP contribution < -0.4 is 0 Å². The summed E-state index contributed by atoms with van der Waals surface area (Å²) in [6, 6.07) is 0. The van der Waals surface area contributed by atoms with Crippen molar-refractivity contribution in [2.24, 2.45) is 34.5 Å². The summed E-state index contributed by atoms with van der Waals surface area (Å²) < 4.78 is 6.49. The Morgan fingerprint density at radius 2 is 1.69 bits per heavy atom. The molecule has 4 aliphatic carbocycles. The molecule has 29 heavy (non-hydrogen) atoms. The summed E-state index contributed by atoms with van der Waals surface area (Å²) in [5, 5.41) is 10.3. The van der Waals surface area contributed by atoms with E-state index in [2.05, 4.69) is 20.8 Å². The Labute approximate surface area is 179 Å². The van der Waals surface area contributed by atoms with Crippen molar-refractivity contribution in [2.45, 2.75) is 135 Å². The van der Waals surface area contributed by atoms with Crippen LogP contribution in [0, 0.1) is 34.5 Å². The molecule has 0 radical (unpaired) electrons. The van der Waals surface area contributed by atoms with Gasteiger partial charge in [-0.3, -0.25) is 0 Å². The molecule has 9 atom stereocenters. The molecule has 166 valence electrons. The maximum absolute atomic E-state index is 10.3. The van der Waals surface area contributed by atoms with Crippen molar-refractivity contribution in [1.82, 2.24) is 0 Å². The van der Waals surface area contributed by atoms with E-state index >= 15 is 0 Å². The molecule has 5 rings (SSSR count). The minimum absolute atomic E-state index is 0.0517. The Kier molecular flexibility index (Phi) is 5.38. The summed E-state index contributed by atoms with van der Waals surface area (Å²) in [7, 11) is 0. The van der Waals surface area contributed by atoms with Crippen molar-refractivity contribution in [1.29, 1.82) is 0 Å². The molecule has 4 unspecified atom stereocenters. The molecule has 0 aromatic rings. The Bertz CT molecular complexity index is 603. The van der Waals surface area contributed by atoms with Crippen LogP contribution in [0.2, 0.25) is 0 Å². The molecular weight excluding hydrogens is 356 g/mol. The monoisotopic (exact) mass is 402 g/mol. The average Bonchev–Trinajstić information content (AvgIpc) is 3.28. The van der Waals surface area contributed by atoms with E-state index in [0.717, 1.165) is 36.5 Å². The molecule has 0 amide bonds. The summed E-state index contributed by atoms with van der Waals surface area (Å²) in [6.07, 6.45) is 20.7. The lowest BCUT2D eigenvalue weighted by Gasteiger charge is -2.59. The Hall–Kier alpha value is -0.0800. The van der Waals surface area contributed by atoms with E-state index < -0.39 is 0 Å². The molecule has 1 saturated heterocycles. The number of aliphatic hydroxyl groups is 1. The van der Waals surface area contributed by atoms with Crippen LogP contribution in [0.1, 0.15) is 117 Å². The fourth-order valence-electron chi connectivity index (χ4n) is 9.41. The summed E-state index contributed by atoms with van der Waals surface area (Å²) in [5.41, 5.74) is 0.985. The molecule has 1 spiro atoms. The molecular formula is C27H46O2. The van der Waals surface area contributed by atoms with Crippen molar-refractivity contribution in [3.05, 3.63) is 0 Å². The van der Waals surface area contributed by atoms with E-state index in [1.165, 1.54) is 83.5 Å². The van der Waals surface area contributed by atoms with Gasteiger partial charge in [-0.15, -0.1) is 0 Å². The quantitative estimate of drug-likeness (QED) is 0.371. The molecule has 4 saturated carbocycles. The third-order valence-electron chi connectivity index (χ3n) is 11.2. The van der Waals surface area contributed by atoms with E-state index in [4.69, 9.17) is 4.74 Å². The van der Waals surface area contributed by atoms with Crippen molar-refractivity contribution in [3.8, 4) is 0 Å². The lowest BCUT2D eigenvalue weighted by atomic mass is 9.44. The number of ether oxygens (including phenoxy) is 1. The van der Waals surface area contributed by atoms with Gasteiger partial charge in [0.05, 0.1) is 12.2 Å². The highest BCUT2D eigenvalue weighted by Crippen LogP contribution is 2.74. The number of hydrogen-bond acceptors (Lipinski definition) is 2. The Balaban J connectivity index is 1.25. The first kappa shape index (κ1) is 20.8. The second-order valence-electron chi connectivity index (χ2n) is 12.3. The zero-order valence-electron chi connectivity index (χ0n) is 19.4. The van der Waals surface area contributed by atoms with Crippen molar-refractivity contribution >= 4 is 0 Å². The van der Waals surface area contributed by atoms with Crippen LogP contribution in [0.3, 0.4) is 0 Å². The van der Waals surface area contributed by atoms with E-state index in [9.17, 15) is 5.11 Å². The third kappa shape index (κ3) is 3.09. The SMILES string of the molecule is CCCCCCCCC1CCC2C3C[C@H]4O[C@]45C[C@@H](O)CC[C@]5(C)C3CC[C@]12C. The maximum atomic E-state index is 10.3. The van der Waals surface area contributed by atoms with Crippen LogP contribution in [0.4, 0.5) is 0 Å². The predicted molar refractivity (Wildman–Crippen MR) is 119 cm³/mol. The van der Waals surface area contributed by atoms with Crippen molar-refractivity contribution in [2.75, 3.05) is 0 Å². The lowest BCUT2D eigenvalue weighted by molar-refractivity contribution is -0.114. The molecule has 0 aromatic heterocycles. The van der Waals surface area contributed by atoms with Crippen molar-refractivity contribution in [3.63, 3.8) is 0 Å². The number of hydrogen-bond donors (Lipinski definition) is 1. The fraction of sp³-hybridized carbons (Fsp3) is 1.00. The topological polar surface area (TPSA) is 32.8 Å². The molecule has 5 aliphatic rings. The number of aliphatic hydroxyl groups excluding tert-OH is 1. The molecule has 2 nitrogen and oxygen atoms in total. The van der Waals surface area contributed by atoms with Crippen LogP contribution in [0.5, 0.6) is 0 Å². The molecule has 1 N–H and O–H groups in total. The highest BCUT2D eigenvalue weighted by atomic mass is 16.6. The van der Waals surface area contributed by atoms with Gasteiger partial charge >= 0.3 is 0 Å². The molecule has 0 bridgehead atoms. The van der Waals surface area contributed by atoms with E-state index in [1.54, 1.807) is 0 Å². The van der Waals surface area contributed by atoms with E-state index in [-0.39, 0.29) is 11.7 Å². The minimum atomic E-state index is -0.119. The molecule has 1 aliphatic heterocycles. The zero-order valence-corrected chi connectivity index (χ0v) is 19.4. The highest BCUT2D eigenvalue weighted by molar-refractivity contribution is 5.24. The largest absolute Gasteiger partial charge is 0.393 e. The van der Waals surface area contributed by atoms with Crippen LogP contribution in [-0.2, 0) is 4.74 Å². The standard InChI is InChI=1S/C27H46O2/c1-4-5-6-7-8-9-10-19-11-12-22-21-17-24-27(29-24)18-20(28)13-16-26(27,3)23(21)14-15-25(19,22)2/h19-24,28H,4-18H2,1-3H3/t19?,20-,21?,22?,23?,24+,25+,26+,27+/m0/s1. The van der Waals surface area contributed by atoms with Crippen LogP contribution in [-0.4, -0.2) is 22.9 Å². The number of unbranched alkanes of at least 4 members (excludes halogenated alkanes) is 5. The normalized spacial score (nSPS) is 53.0. The Morgan fingerprint density at radius 3 is 2.52 bits per heavy atom. The molecule has 0 aromatic carbocycles. The van der Waals surface area contributed by atoms with Gasteiger partial charge in [-0.05, 0) is 80.5 Å². The van der Waals surface area contributed by atoms with Gasteiger partial charge in [0.15, 0.2) is 0 Å². The van der Waals surface area contributed by atoms with Gasteiger partial charge < -0.3 is 9.84 Å². The molecule has 2 heteroatoms. The first-order valence-corrected chi connectivity index (χ1v) is 13.3. The molecule has 5 fully saturated rings. The minimum Gasteiger partial charge on any atom is -0.393 e. The first-order chi connectivity index (χ1) is 13.9. The third-order valence-corrected chi connectivity index (χ3v) is 11.2. The summed E-state index contributed by atoms with van der Waals surface area (Å²) >= 11 is 0. The van der Waals surface area contributed by atoms with Gasteiger partial charge in [-0.25, -0.2) is 0 Å². The van der Waals surface area contributed by atoms with Crippen LogP contribution >= 0.6 is 0 Å². The van der Waals surface area contributed by atoms with Gasteiger partial charge in [-0.2, -0.15) is 0 Å². The smallest absolute Gasteiger partial charge is 0.103 e. The van der Waals surface area contributed by atoms with Crippen LogP contribution in [0.25, 0.3) is 0 Å². The fourth-order valence-corrected chi connectivity index (χ4v) is 9.41. The summed E-state index contributed by atoms with van der Waals surface area (Å²) in [5.74, 6) is 3.66. The number of fused-ring (bicyclic) bond motifs is 4. The predicted octanol–water partition coefficient (Wildman–Crippen LogP) is 6.89. The second kappa shape index (κ2) is 7.51. The van der Waals surface area contributed by atoms with Gasteiger partial charge in [-0.1, -0.05) is 59.3 Å². The lowest BCUT2D eigenvalue weighted by Crippen LogP contribution is -2.58. The number of epoxide rings is 1. The van der Waals surface area contributed by atoms with E-state index in [0.29, 0.717) is 16.9 Å². The summed E-state index contributed by atoms with van der Waals surface area (Å²) in [6.45, 7) is 7.56. The first-order valence-electron chi connectivity index (χ1n) is 13.3. The zero-order chi connectivity index (χ0) is 20.3. The second-order valence-corrected chi connectivity index (χ2v) is 12.3. The van der Waals surface area contributed by atoms with Gasteiger partial charge in [0.2, 0.25) is 0 Å². The average molecular weight is 403 g/mol. The van der Waals surface area contributed by atoms with Gasteiger partial charge in [0.1, 0.15) is 5.60 Å². The highest BCUT2D eigenvalue weighted by Gasteiger charge is 2.75. The van der Waals surface area contributed by atoms with E-state index in [1.807, 2.05) is 0 Å². The van der Waals surface area contributed by atoms with Crippen LogP contribution in [0.15, 0.2) is 0 Å². The van der Waals surface area contributed by atoms with Gasteiger partial charge in [0, 0.05) is 11.8 Å². The van der Waals surface area contributed by atoms with Crippen molar-refractivity contribution < 1.29 is 9.84 Å². The maximum Gasteiger partial charge on any atom is 0.103 e.